The van der Waals surface area contributed by atoms with Crippen LogP contribution < -0.4 is 24.6 Å². The number of aromatic amines is 2. The smallest absolute Gasteiger partial charge is 1.00 e. The molecule has 2 saturated heterocycles. The van der Waals surface area contributed by atoms with Gasteiger partial charge in [-0.3, -0.25) is 10.2 Å². The van der Waals surface area contributed by atoms with Crippen LogP contribution in [0.4, 0.5) is 0 Å². The van der Waals surface area contributed by atoms with Crippen molar-refractivity contribution in [3.8, 4) is 22.8 Å². The standard InChI is InChI=1S/C14H14N4O.C14H18N4O.Al.Li.4H/c1-15-14(7-9-19-10-8-14)13-16-12(17-18-13)11-5-3-2-4-6-11;15-10-14(6-8-19-9-7-14)13-16-12(17-18-13)11-4-2-1-3-5-11;;;;;;/h2-6H,7-10H2,(H,16,17,18);1-5H,6-10,15H2,(H,16,17,18);;;;;;/q;;;+1;;;;-1. The molecular weight excluding hydrogens is 514 g/mol. The van der Waals surface area contributed by atoms with Gasteiger partial charge < -0.3 is 21.5 Å². The number of rotatable bonds is 5. The van der Waals surface area contributed by atoms with Crippen LogP contribution in [-0.2, 0) is 20.4 Å². The van der Waals surface area contributed by atoms with Crippen molar-refractivity contribution in [3.05, 3.63) is 83.7 Å². The van der Waals surface area contributed by atoms with Gasteiger partial charge in [0.15, 0.2) is 29.0 Å². The largest absolute Gasteiger partial charge is 1.00 e. The summed E-state index contributed by atoms with van der Waals surface area (Å²) in [4.78, 5) is 12.9. The van der Waals surface area contributed by atoms with Gasteiger partial charge in [-0.25, -0.2) is 16.5 Å². The third kappa shape index (κ3) is 6.92. The summed E-state index contributed by atoms with van der Waals surface area (Å²) >= 11 is 0. The SMILES string of the molecule is NCC1(c2nc(-c3ccccc3)n[nH]2)CCOCC1.[AlH3].[C-]#[N+]C1(c2nc(-c3ccccc3)n[nH]2)CCOCC1.[H-].[Li+]. The average Bonchev–Trinajstić information content (AvgIpc) is 3.71. The molecule has 2 aromatic heterocycles. The molecule has 0 unspecified atom stereocenters. The molecular formula is C28H36AlLiN8O2. The molecule has 0 saturated carbocycles. The number of hydrogen-bond acceptors (Lipinski definition) is 7. The molecule has 4 aromatic rings. The first kappa shape index (κ1) is 31.7. The van der Waals surface area contributed by atoms with Crippen LogP contribution in [0.25, 0.3) is 27.6 Å². The second-order valence-electron chi connectivity index (χ2n) is 9.60. The predicted molar refractivity (Wildman–Crippen MR) is 154 cm³/mol. The summed E-state index contributed by atoms with van der Waals surface area (Å²) in [5.74, 6) is 2.92. The minimum atomic E-state index is -0.599. The summed E-state index contributed by atoms with van der Waals surface area (Å²) in [5, 5.41) is 14.6. The maximum absolute atomic E-state index is 7.48. The third-order valence-corrected chi connectivity index (χ3v) is 7.35. The molecule has 2 aliphatic heterocycles. The monoisotopic (exact) mass is 550 g/mol. The van der Waals surface area contributed by atoms with E-state index in [4.69, 9.17) is 21.8 Å². The Morgan fingerprint density at radius 2 is 1.23 bits per heavy atom. The summed E-state index contributed by atoms with van der Waals surface area (Å²) in [7, 11) is 0. The van der Waals surface area contributed by atoms with Crippen molar-refractivity contribution in [1.29, 1.82) is 0 Å². The Bertz CT molecular complexity index is 1350. The molecule has 2 aromatic carbocycles. The fourth-order valence-electron chi connectivity index (χ4n) is 4.81. The summed E-state index contributed by atoms with van der Waals surface area (Å²) in [6.07, 6.45) is 3.12. The van der Waals surface area contributed by atoms with Crippen molar-refractivity contribution in [1.82, 2.24) is 30.4 Å². The molecule has 0 bridgehead atoms. The molecule has 4 N–H and O–H groups in total. The van der Waals surface area contributed by atoms with Gasteiger partial charge in [-0.05, 0) is 12.8 Å². The van der Waals surface area contributed by atoms with Gasteiger partial charge >= 0.3 is 18.9 Å². The molecule has 0 amide bonds. The van der Waals surface area contributed by atoms with Crippen LogP contribution in [0.2, 0.25) is 0 Å². The normalized spacial score (nSPS) is 17.2. The molecule has 10 nitrogen and oxygen atoms in total. The molecule has 4 heterocycles. The van der Waals surface area contributed by atoms with Crippen molar-refractivity contribution >= 4 is 17.4 Å². The van der Waals surface area contributed by atoms with E-state index in [2.05, 4.69) is 35.2 Å². The van der Waals surface area contributed by atoms with Gasteiger partial charge in [0, 0.05) is 36.3 Å². The first-order chi connectivity index (χ1) is 18.7. The fraction of sp³-hybridized carbons (Fsp3) is 0.393. The maximum atomic E-state index is 7.48. The summed E-state index contributed by atoms with van der Waals surface area (Å²) in [5.41, 5.74) is 7.24. The summed E-state index contributed by atoms with van der Waals surface area (Å²) in [6.45, 7) is 10.7. The predicted octanol–water partition coefficient (Wildman–Crippen LogP) is -0.192. The first-order valence-electron chi connectivity index (χ1n) is 12.9. The van der Waals surface area contributed by atoms with E-state index < -0.39 is 5.54 Å². The van der Waals surface area contributed by atoms with Crippen molar-refractivity contribution in [3.63, 3.8) is 0 Å². The van der Waals surface area contributed by atoms with Crippen LogP contribution in [0.15, 0.2) is 60.7 Å². The molecule has 0 radical (unpaired) electrons. The van der Waals surface area contributed by atoms with E-state index in [0.717, 1.165) is 48.8 Å². The summed E-state index contributed by atoms with van der Waals surface area (Å²) in [6, 6.07) is 19.7. The minimum absolute atomic E-state index is 0. The van der Waals surface area contributed by atoms with Gasteiger partial charge in [0.25, 0.3) is 5.54 Å². The van der Waals surface area contributed by atoms with E-state index in [-0.39, 0.29) is 43.1 Å². The molecule has 2 fully saturated rings. The van der Waals surface area contributed by atoms with Crippen molar-refractivity contribution in [2.75, 3.05) is 33.0 Å². The van der Waals surface area contributed by atoms with E-state index in [9.17, 15) is 0 Å². The number of nitrogens with zero attached hydrogens (tertiary/aromatic N) is 5. The van der Waals surface area contributed by atoms with E-state index in [1.807, 2.05) is 60.7 Å². The van der Waals surface area contributed by atoms with Crippen LogP contribution in [0.3, 0.4) is 0 Å². The van der Waals surface area contributed by atoms with E-state index in [1.165, 1.54) is 0 Å². The molecule has 12 heteroatoms. The Labute approximate surface area is 258 Å². The van der Waals surface area contributed by atoms with Crippen LogP contribution in [0, 0.1) is 6.57 Å². The number of nitrogens with one attached hydrogen (secondary N) is 2. The number of ether oxygens (including phenoxy) is 2. The zero-order valence-corrected chi connectivity index (χ0v) is 22.3. The van der Waals surface area contributed by atoms with Crippen molar-refractivity contribution in [2.45, 2.75) is 36.6 Å². The zero-order chi connectivity index (χ0) is 26.3. The number of nitrogens with two attached hydrogens (primary N) is 1. The van der Waals surface area contributed by atoms with Crippen LogP contribution in [0.5, 0.6) is 0 Å². The van der Waals surface area contributed by atoms with Gasteiger partial charge in [-0.15, -0.1) is 0 Å². The molecule has 204 valence electrons. The Kier molecular flexibility index (Phi) is 11.7. The topological polar surface area (TPSA) is 132 Å². The van der Waals surface area contributed by atoms with Crippen LogP contribution in [0.1, 0.15) is 38.8 Å². The molecule has 6 rings (SSSR count). The quantitative estimate of drug-likeness (QED) is 0.232. The van der Waals surface area contributed by atoms with Crippen LogP contribution in [-0.4, -0.2) is 80.7 Å². The maximum Gasteiger partial charge on any atom is 1.00 e. The number of hydrogen-bond donors (Lipinski definition) is 3. The first-order valence-corrected chi connectivity index (χ1v) is 12.9. The Morgan fingerprint density at radius 1 is 0.775 bits per heavy atom. The molecule has 0 atom stereocenters. The van der Waals surface area contributed by atoms with Gasteiger partial charge in [0.1, 0.15) is 5.82 Å². The Balaban J connectivity index is 0.000000267. The zero-order valence-electron chi connectivity index (χ0n) is 23.3. The molecule has 2 aliphatic rings. The molecule has 0 spiro atoms. The fourth-order valence-corrected chi connectivity index (χ4v) is 4.81. The third-order valence-electron chi connectivity index (χ3n) is 7.35. The minimum Gasteiger partial charge on any atom is -1.00 e. The number of aromatic nitrogens is 6. The molecule has 40 heavy (non-hydrogen) atoms. The van der Waals surface area contributed by atoms with Crippen LogP contribution >= 0.6 is 0 Å². The van der Waals surface area contributed by atoms with E-state index in [1.54, 1.807) is 0 Å². The van der Waals surface area contributed by atoms with Gasteiger partial charge in [0.05, 0.1) is 26.1 Å². The van der Waals surface area contributed by atoms with Gasteiger partial charge in [0.2, 0.25) is 5.82 Å². The van der Waals surface area contributed by atoms with Crippen molar-refractivity contribution < 1.29 is 29.8 Å². The van der Waals surface area contributed by atoms with E-state index in [0.29, 0.717) is 44.2 Å². The Hall–Kier alpha value is -2.78. The van der Waals surface area contributed by atoms with Gasteiger partial charge in [-0.1, -0.05) is 60.7 Å². The number of benzene rings is 2. The second-order valence-corrected chi connectivity index (χ2v) is 9.60. The second kappa shape index (κ2) is 14.7. The number of H-pyrrole nitrogens is 2. The molecule has 0 aliphatic carbocycles. The average molecular weight is 551 g/mol. The Morgan fingerprint density at radius 3 is 1.70 bits per heavy atom. The van der Waals surface area contributed by atoms with Crippen molar-refractivity contribution in [2.24, 2.45) is 5.73 Å². The summed E-state index contributed by atoms with van der Waals surface area (Å²) < 4.78 is 10.8. The van der Waals surface area contributed by atoms with E-state index >= 15 is 0 Å². The van der Waals surface area contributed by atoms with Gasteiger partial charge in [-0.2, -0.15) is 10.2 Å².